The molecule has 3 saturated carbocycles. The Morgan fingerprint density at radius 1 is 0.845 bits per heavy atom. The molecule has 6 rings (SSSR count). The van der Waals surface area contributed by atoms with Crippen LogP contribution in [0, 0.1) is 17.8 Å². The molecular weight excluding hydrogens is 1060 g/mol. The molecular formula is C43H71Cl4K2N13O9. The fourth-order valence-electron chi connectivity index (χ4n) is 4.47. The smallest absolute Gasteiger partial charge is 1.00 e. The molecule has 0 bridgehead atoms. The van der Waals surface area contributed by atoms with E-state index in [9.17, 15) is 29.7 Å². The summed E-state index contributed by atoms with van der Waals surface area (Å²) < 4.78 is 231. The number of aromatic amines is 2. The van der Waals surface area contributed by atoms with Crippen LogP contribution in [0.1, 0.15) is 186 Å². The zero-order chi connectivity index (χ0) is 78.0. The fourth-order valence-corrected chi connectivity index (χ4v) is 4.99. The number of amides is 3. The van der Waals surface area contributed by atoms with Crippen LogP contribution in [-0.2, 0) is 9.68 Å². The summed E-state index contributed by atoms with van der Waals surface area (Å²) in [7, 11) is 0. The van der Waals surface area contributed by atoms with Gasteiger partial charge in [0.15, 0.2) is 0 Å². The molecule has 3 aliphatic carbocycles. The summed E-state index contributed by atoms with van der Waals surface area (Å²) in [4.78, 5) is 72.1. The van der Waals surface area contributed by atoms with E-state index in [0.29, 0.717) is 0 Å². The van der Waals surface area contributed by atoms with Gasteiger partial charge in [0, 0.05) is 63.0 Å². The Kier molecular flexibility index (Phi) is 19.0. The number of hydrogen-bond donors (Lipinski definition) is 10. The van der Waals surface area contributed by atoms with Crippen molar-refractivity contribution in [1.29, 1.82) is 0 Å². The average molecular weight is 1160 g/mol. The van der Waals surface area contributed by atoms with Crippen molar-refractivity contribution < 1.29 is 190 Å². The molecule has 28 heteroatoms. The second-order valence-corrected chi connectivity index (χ2v) is 14.2. The summed E-state index contributed by atoms with van der Waals surface area (Å²) in [5.74, 6) is -10.5. The van der Waals surface area contributed by atoms with Gasteiger partial charge in [-0.1, -0.05) is 46.0 Å². The van der Waals surface area contributed by atoms with Crippen molar-refractivity contribution in [2.24, 2.45) is 50.7 Å². The predicted molar refractivity (Wildman–Crippen MR) is 264 cm³/mol. The van der Waals surface area contributed by atoms with E-state index >= 15 is 0 Å². The van der Waals surface area contributed by atoms with E-state index < -0.39 is 202 Å². The largest absolute Gasteiger partial charge is 1.00 e. The third-order valence-corrected chi connectivity index (χ3v) is 7.89. The molecule has 9 atom stereocenters. The van der Waals surface area contributed by atoms with E-state index in [0.717, 1.165) is 0 Å². The minimum absolute atomic E-state index is 0. The Morgan fingerprint density at radius 3 is 1.69 bits per heavy atom. The van der Waals surface area contributed by atoms with Crippen LogP contribution in [-0.4, -0.2) is 111 Å². The number of primary amides is 3. The molecule has 3 amide bonds. The van der Waals surface area contributed by atoms with Gasteiger partial charge >= 0.3 is 103 Å². The molecule has 3 heterocycles. The van der Waals surface area contributed by atoms with Gasteiger partial charge in [0.05, 0.1) is 55.2 Å². The summed E-state index contributed by atoms with van der Waals surface area (Å²) in [5, 5.41) is 41.0. The maximum absolute atomic E-state index is 12.0. The van der Waals surface area contributed by atoms with E-state index in [1.807, 2.05) is 13.8 Å². The number of halogens is 4. The van der Waals surface area contributed by atoms with E-state index in [2.05, 4.69) is 50.1 Å². The number of carbonyl (C=O) groups is 4. The zero-order valence-electron chi connectivity index (χ0n) is 69.5. The standard InChI is InChI=1S/C16H27N5O2.C12H17ClN4O2.C7H15NO.C5H3Cl2N3O.C2H6.CH2O3.ClH.2K.H/c1-9-5-6-10(7-12(9)22)19-14-11(13(17)23)8-18-15(20-14)21-16(2,3)4;1-6-2-3-7(4-9(6)18)16-11-8(10(14)19)5-15-12(13)17-11;1-5-2-3-6(8)4-7(5)9;6-3-2(4(8)11)1-9-5(7)10-3;1-2;2-1-4-3;;;;/h8-10,12,22H,5-7H2,1-4H3,(H2,17,23)(H2,18,19,20,21);5-7,9,18H,2-4H2,1H3,(H2,14,19)(H,15,16,17);5-7,9H,2-4,8H2,1H3;1H,(H2,8,11);1-2H3;1,3H;1H;;;/q;;;;;;;2*+1;-1/p-1/i1D3,2D3,5D2,7D2,8D,12D;1D3,2D2,4D2,5D,9D;1D3,2D2,4D2,7D;1D;;;;;;. The average Bonchev–Trinajstić information content (AvgIpc) is 0.726. The van der Waals surface area contributed by atoms with Crippen LogP contribution in [0.3, 0.4) is 0 Å². The number of H-pyrrole nitrogens is 2. The molecule has 0 aliphatic heterocycles. The second-order valence-electron chi connectivity index (χ2n) is 13.1. The monoisotopic (exact) mass is 1160 g/mol. The number of nitrogens with two attached hydrogens (primary N) is 4. The van der Waals surface area contributed by atoms with Gasteiger partial charge in [-0.15, -0.1) is 12.4 Å². The maximum Gasteiger partial charge on any atom is 1.00 e. The molecule has 22 nitrogen and oxygen atoms in total. The number of nitrogens with zero attached hydrogens (tertiary/aromatic N) is 6. The topological polar surface area (TPSA) is 385 Å². The van der Waals surface area contributed by atoms with Crippen molar-refractivity contribution in [2.45, 2.75) is 155 Å². The van der Waals surface area contributed by atoms with Crippen LogP contribution in [0.4, 0.5) is 5.95 Å². The Morgan fingerprint density at radius 2 is 1.27 bits per heavy atom. The van der Waals surface area contributed by atoms with E-state index in [-0.39, 0.29) is 151 Å². The minimum Gasteiger partial charge on any atom is -1.00 e. The first-order valence-electron chi connectivity index (χ1n) is 33.9. The Hall–Kier alpha value is -1.25. The van der Waals surface area contributed by atoms with Crippen molar-refractivity contribution in [2.75, 3.05) is 5.32 Å². The molecule has 14 N–H and O–H groups in total. The van der Waals surface area contributed by atoms with Crippen molar-refractivity contribution in [1.82, 2.24) is 29.9 Å². The van der Waals surface area contributed by atoms with Gasteiger partial charge < -0.3 is 65.1 Å². The molecule has 0 radical (unpaired) electrons. The van der Waals surface area contributed by atoms with Crippen molar-refractivity contribution >= 4 is 77.4 Å². The molecule has 3 aliphatic rings. The van der Waals surface area contributed by atoms with E-state index in [1.54, 1.807) is 0 Å². The quantitative estimate of drug-likeness (QED) is 0.0285. The third kappa shape index (κ3) is 29.0. The number of aliphatic hydroxyl groups is 3. The van der Waals surface area contributed by atoms with Gasteiger partial charge in [-0.3, -0.25) is 29.2 Å². The summed E-state index contributed by atoms with van der Waals surface area (Å²) in [5.41, 5.74) is 16.7. The Bertz CT molecular complexity index is 3500. The van der Waals surface area contributed by atoms with E-state index in [1.165, 1.54) is 13.8 Å². The first kappa shape index (κ1) is 35.2. The van der Waals surface area contributed by atoms with Crippen LogP contribution >= 0.6 is 47.2 Å². The molecule has 3 aromatic heterocycles. The maximum atomic E-state index is 12.0. The van der Waals surface area contributed by atoms with Gasteiger partial charge in [0.25, 0.3) is 24.2 Å². The molecule has 71 heavy (non-hydrogen) atoms. The van der Waals surface area contributed by atoms with Crippen molar-refractivity contribution in [3.05, 3.63) is 61.9 Å². The third-order valence-electron chi connectivity index (χ3n) is 7.27. The van der Waals surface area contributed by atoms with Gasteiger partial charge in [0.2, 0.25) is 16.5 Å². The molecule has 0 aromatic carbocycles. The zero-order valence-corrected chi connectivity index (χ0v) is 47.8. The molecule has 3 aromatic rings. The van der Waals surface area contributed by atoms with Gasteiger partial charge in [-0.2, -0.15) is 0 Å². The number of hydrogen-bond acceptors (Lipinski definition) is 17. The number of anilines is 1. The number of carbonyl (C=O) groups excluding carboxylic acids is 4. The number of aromatic nitrogens is 6. The first-order chi connectivity index (χ1) is 43.5. The summed E-state index contributed by atoms with van der Waals surface area (Å²) in [6, 6.07) is -5.16. The molecule has 3 fully saturated rings. The summed E-state index contributed by atoms with van der Waals surface area (Å²) in [6.45, 7) is -5.49. The summed E-state index contributed by atoms with van der Waals surface area (Å²) >= 11 is 16.5. The molecule has 9 unspecified atom stereocenters. The first-order valence-corrected chi connectivity index (χ1v) is 20.1. The van der Waals surface area contributed by atoms with Gasteiger partial charge in [0.1, 0.15) is 16.1 Å². The van der Waals surface area contributed by atoms with Crippen LogP contribution in [0.25, 0.3) is 0 Å². The van der Waals surface area contributed by atoms with Gasteiger partial charge in [-0.05, 0) is 119 Å². The number of rotatable bonds is 7. The number of nitrogens with one attached hydrogen (secondary N) is 3. The van der Waals surface area contributed by atoms with Crippen LogP contribution in [0.2, 0.25) is 15.7 Å². The predicted octanol–water partition coefficient (Wildman–Crippen LogP) is -2.84. The summed E-state index contributed by atoms with van der Waals surface area (Å²) in [6.07, 6.45) is -30.8. The van der Waals surface area contributed by atoms with Crippen LogP contribution in [0.5, 0.6) is 0 Å². The minimum atomic E-state index is -3.47. The fraction of sp³-hybridized carbons (Fsp3) is 0.628. The molecule has 0 spiro atoms. The van der Waals surface area contributed by atoms with E-state index in [4.69, 9.17) is 109 Å². The van der Waals surface area contributed by atoms with Crippen molar-refractivity contribution in [3.63, 3.8) is 0 Å². The second kappa shape index (κ2) is 38.3. The van der Waals surface area contributed by atoms with Crippen molar-refractivity contribution in [3.8, 4) is 0 Å². The van der Waals surface area contributed by atoms with Crippen LogP contribution in [0.15, 0.2) is 28.5 Å². The Labute approximate surface area is 564 Å². The van der Waals surface area contributed by atoms with Crippen LogP contribution < -0.4 is 147 Å². The van der Waals surface area contributed by atoms with Gasteiger partial charge in [-0.25, -0.2) is 19.9 Å². The Balaban J connectivity index is -0.000000639. The molecule has 0 saturated heterocycles. The normalized spacial score (nSPS) is 37.9. The molecule has 392 valence electrons. The SMILES string of the molecule is CC.Cl.O=CO[O-].[2H]C([2H])([2H])C1C([2H])([2H])CC(N)C([2H])([2H])C1([2H])O.[2H]c1nc(Cl)[nH]c(=NC2CC([2H])([2H])C(C([2H])([2H])[2H])C([2H])(O)C2([2H])[2H])c1C(N)=O.[2H]c1nc(Cl)nc(Cl)c1C(N)=O.[2H]c1nc(NC(C)(C)C([2H])([2H])[2H])[nH]c(=NC2CC([2H])([2H])C(C([2H])([2H])[2H])C([2H])(O)C2([2H])[2H])c1C(N)=O.[H-].[K+].[K+].